The van der Waals surface area contributed by atoms with E-state index in [9.17, 15) is 14.9 Å². The van der Waals surface area contributed by atoms with E-state index in [1.807, 2.05) is 26.1 Å². The zero-order chi connectivity index (χ0) is 22.8. The van der Waals surface area contributed by atoms with E-state index in [1.54, 1.807) is 6.07 Å². The summed E-state index contributed by atoms with van der Waals surface area (Å²) in [6.07, 6.45) is 3.64. The number of nitro benzene ring substituents is 1. The molecule has 0 atom stereocenters. The first-order valence-corrected chi connectivity index (χ1v) is 9.93. The Kier molecular flexibility index (Phi) is 6.31. The standard InChI is InChI=1S/C22H23ClN4O4/c1-14-11-22(2,3)26(4)19-10-17(23)15(9-16(14)19)12-24-25-21(28)13-31-20-8-6-5-7-18(20)27(29)30/h5-12H,13H2,1-4H3,(H,25,28)/b24-12+. The van der Waals surface area contributed by atoms with Crippen molar-refractivity contribution >= 4 is 40.7 Å². The molecule has 0 radical (unpaired) electrons. The number of carbonyl (C=O) groups excluding carboxylic acids is 1. The number of carbonyl (C=O) groups is 1. The Hall–Kier alpha value is -3.39. The molecule has 1 heterocycles. The lowest BCUT2D eigenvalue weighted by Gasteiger charge is -2.40. The van der Waals surface area contributed by atoms with Gasteiger partial charge in [0, 0.05) is 29.9 Å². The number of hydrogen-bond acceptors (Lipinski definition) is 6. The predicted molar refractivity (Wildman–Crippen MR) is 122 cm³/mol. The number of amides is 1. The van der Waals surface area contributed by atoms with Gasteiger partial charge in [-0.2, -0.15) is 5.10 Å². The molecule has 31 heavy (non-hydrogen) atoms. The van der Waals surface area contributed by atoms with Crippen molar-refractivity contribution in [1.82, 2.24) is 5.43 Å². The fourth-order valence-electron chi connectivity index (χ4n) is 3.37. The molecule has 0 fully saturated rings. The number of hydrazone groups is 1. The monoisotopic (exact) mass is 442 g/mol. The quantitative estimate of drug-likeness (QED) is 0.406. The van der Waals surface area contributed by atoms with Crippen LogP contribution in [0.4, 0.5) is 11.4 Å². The maximum atomic E-state index is 12.0. The summed E-state index contributed by atoms with van der Waals surface area (Å²) in [5.41, 5.74) is 5.85. The summed E-state index contributed by atoms with van der Waals surface area (Å²) in [6, 6.07) is 9.65. The van der Waals surface area contributed by atoms with Gasteiger partial charge in [-0.15, -0.1) is 0 Å². The fraction of sp³-hybridized carbons (Fsp3) is 0.273. The van der Waals surface area contributed by atoms with Crippen molar-refractivity contribution in [2.45, 2.75) is 26.3 Å². The second-order valence-electron chi connectivity index (χ2n) is 7.74. The molecule has 0 spiro atoms. The first-order chi connectivity index (χ1) is 14.6. The lowest BCUT2D eigenvalue weighted by atomic mass is 9.88. The van der Waals surface area contributed by atoms with Gasteiger partial charge in [-0.05, 0) is 44.5 Å². The molecule has 0 aromatic heterocycles. The molecule has 0 unspecified atom stereocenters. The summed E-state index contributed by atoms with van der Waals surface area (Å²) < 4.78 is 5.24. The molecule has 9 heteroatoms. The van der Waals surface area contributed by atoms with Crippen LogP contribution >= 0.6 is 11.6 Å². The molecule has 162 valence electrons. The first-order valence-electron chi connectivity index (χ1n) is 9.55. The summed E-state index contributed by atoms with van der Waals surface area (Å²) in [5.74, 6) is -0.542. The molecular weight excluding hydrogens is 420 g/mol. The molecule has 3 rings (SSSR count). The minimum atomic E-state index is -0.571. The lowest BCUT2D eigenvalue weighted by Crippen LogP contribution is -2.42. The first kappa shape index (κ1) is 22.3. The zero-order valence-electron chi connectivity index (χ0n) is 17.7. The number of benzene rings is 2. The molecule has 8 nitrogen and oxygen atoms in total. The maximum Gasteiger partial charge on any atom is 0.310 e. The average molecular weight is 443 g/mol. The Balaban J connectivity index is 1.67. The topological polar surface area (TPSA) is 97.1 Å². The summed E-state index contributed by atoms with van der Waals surface area (Å²) in [6.45, 7) is 5.89. The van der Waals surface area contributed by atoms with E-state index in [2.05, 4.69) is 35.4 Å². The molecule has 2 aromatic rings. The predicted octanol–water partition coefficient (Wildman–Crippen LogP) is 4.41. The molecule has 0 aliphatic carbocycles. The Morgan fingerprint density at radius 1 is 1.35 bits per heavy atom. The van der Waals surface area contributed by atoms with Crippen molar-refractivity contribution in [2.24, 2.45) is 5.10 Å². The molecule has 1 aliphatic rings. The van der Waals surface area contributed by atoms with Crippen molar-refractivity contribution in [1.29, 1.82) is 0 Å². The van der Waals surface area contributed by atoms with Gasteiger partial charge in [0.25, 0.3) is 5.91 Å². The van der Waals surface area contributed by atoms with E-state index < -0.39 is 17.4 Å². The average Bonchev–Trinajstić information content (AvgIpc) is 2.71. The summed E-state index contributed by atoms with van der Waals surface area (Å²) in [7, 11) is 2.02. The van der Waals surface area contributed by atoms with Gasteiger partial charge < -0.3 is 9.64 Å². The van der Waals surface area contributed by atoms with E-state index in [4.69, 9.17) is 16.3 Å². The number of halogens is 1. The van der Waals surface area contributed by atoms with E-state index in [1.165, 1.54) is 24.4 Å². The summed E-state index contributed by atoms with van der Waals surface area (Å²) >= 11 is 6.43. The van der Waals surface area contributed by atoms with Crippen LogP contribution < -0.4 is 15.1 Å². The maximum absolute atomic E-state index is 12.0. The van der Waals surface area contributed by atoms with Crippen LogP contribution in [0.3, 0.4) is 0 Å². The molecule has 2 aromatic carbocycles. The van der Waals surface area contributed by atoms with Crippen molar-refractivity contribution < 1.29 is 14.5 Å². The Morgan fingerprint density at radius 2 is 2.06 bits per heavy atom. The second-order valence-corrected chi connectivity index (χ2v) is 8.14. The SMILES string of the molecule is CC1=CC(C)(C)N(C)c2cc(Cl)c(/C=N/NC(=O)COc3ccccc3[N+](=O)[O-])cc21. The number of nitro groups is 1. The highest BCUT2D eigenvalue weighted by atomic mass is 35.5. The third-order valence-electron chi connectivity index (χ3n) is 5.15. The van der Waals surface area contributed by atoms with Crippen LogP contribution in [-0.4, -0.2) is 36.2 Å². The largest absolute Gasteiger partial charge is 0.477 e. The number of fused-ring (bicyclic) bond motifs is 1. The zero-order valence-corrected chi connectivity index (χ0v) is 18.4. The van der Waals surface area contributed by atoms with E-state index in [0.717, 1.165) is 16.8 Å². The van der Waals surface area contributed by atoms with Crippen molar-refractivity contribution in [3.05, 3.63) is 68.7 Å². The number of hydrogen-bond donors (Lipinski definition) is 1. The third-order valence-corrected chi connectivity index (χ3v) is 5.48. The van der Waals surface area contributed by atoms with E-state index in [-0.39, 0.29) is 17.0 Å². The van der Waals surface area contributed by atoms with Gasteiger partial charge in [0.1, 0.15) is 0 Å². The molecule has 1 aliphatic heterocycles. The van der Waals surface area contributed by atoms with Gasteiger partial charge in [-0.1, -0.05) is 29.8 Å². The fourth-order valence-corrected chi connectivity index (χ4v) is 3.57. The highest BCUT2D eigenvalue weighted by molar-refractivity contribution is 6.33. The van der Waals surface area contributed by atoms with Crippen molar-refractivity contribution in [2.75, 3.05) is 18.6 Å². The molecule has 0 saturated heterocycles. The van der Waals surface area contributed by atoms with Crippen molar-refractivity contribution in [3.63, 3.8) is 0 Å². The Labute approximate surface area is 185 Å². The second kappa shape index (κ2) is 8.77. The number of likely N-dealkylation sites (N-methyl/N-ethyl adjacent to an activating group) is 1. The lowest BCUT2D eigenvalue weighted by molar-refractivity contribution is -0.385. The van der Waals surface area contributed by atoms with Gasteiger partial charge in [-0.3, -0.25) is 14.9 Å². The number of anilines is 1. The summed E-state index contributed by atoms with van der Waals surface area (Å²) in [5, 5.41) is 15.4. The highest BCUT2D eigenvalue weighted by Gasteiger charge is 2.29. The van der Waals surface area contributed by atoms with Crippen LogP contribution in [0.5, 0.6) is 5.75 Å². The van der Waals surface area contributed by atoms with Gasteiger partial charge in [-0.25, -0.2) is 5.43 Å². The van der Waals surface area contributed by atoms with E-state index in [0.29, 0.717) is 10.6 Å². The number of rotatable bonds is 6. The third kappa shape index (κ3) is 4.86. The molecule has 0 saturated carbocycles. The summed E-state index contributed by atoms with van der Waals surface area (Å²) in [4.78, 5) is 24.6. The van der Waals surface area contributed by atoms with E-state index >= 15 is 0 Å². The van der Waals surface area contributed by atoms with Crippen LogP contribution in [0, 0.1) is 10.1 Å². The van der Waals surface area contributed by atoms with Crippen LogP contribution in [0.1, 0.15) is 31.9 Å². The highest BCUT2D eigenvalue weighted by Crippen LogP contribution is 2.40. The Morgan fingerprint density at radius 3 is 2.77 bits per heavy atom. The molecule has 0 bridgehead atoms. The number of nitrogens with one attached hydrogen (secondary N) is 1. The van der Waals surface area contributed by atoms with Crippen LogP contribution in [0.15, 0.2) is 47.6 Å². The van der Waals surface area contributed by atoms with Gasteiger partial charge in [0.15, 0.2) is 12.4 Å². The van der Waals surface area contributed by atoms with Crippen LogP contribution in [0.25, 0.3) is 5.57 Å². The minimum absolute atomic E-state index is 0.0127. The van der Waals surface area contributed by atoms with Gasteiger partial charge >= 0.3 is 5.69 Å². The Bertz CT molecular complexity index is 1090. The smallest absolute Gasteiger partial charge is 0.310 e. The number of nitrogens with zero attached hydrogens (tertiary/aromatic N) is 3. The van der Waals surface area contributed by atoms with Crippen molar-refractivity contribution in [3.8, 4) is 5.75 Å². The minimum Gasteiger partial charge on any atom is -0.477 e. The number of ether oxygens (including phenoxy) is 1. The molecule has 1 amide bonds. The van der Waals surface area contributed by atoms with Crippen LogP contribution in [0.2, 0.25) is 5.02 Å². The number of para-hydroxylation sites is 2. The molecule has 1 N–H and O–H groups in total. The van der Waals surface area contributed by atoms with Gasteiger partial charge in [0.2, 0.25) is 0 Å². The van der Waals surface area contributed by atoms with Crippen LogP contribution in [-0.2, 0) is 4.79 Å². The van der Waals surface area contributed by atoms with Gasteiger partial charge in [0.05, 0.1) is 21.7 Å². The number of allylic oxidation sites excluding steroid dienone is 1. The normalized spacial score (nSPS) is 14.7. The molecular formula is C22H23ClN4O4.